The first-order chi connectivity index (χ1) is 15.3. The number of amides is 4. The van der Waals surface area contributed by atoms with Gasteiger partial charge in [-0.15, -0.1) is 0 Å². The van der Waals surface area contributed by atoms with Crippen LogP contribution < -0.4 is 15.4 Å². The summed E-state index contributed by atoms with van der Waals surface area (Å²) in [7, 11) is -3.81. The molecule has 32 heavy (non-hydrogen) atoms. The Labute approximate surface area is 185 Å². The molecule has 2 aromatic rings. The highest BCUT2D eigenvalue weighted by Gasteiger charge is 2.52. The highest BCUT2D eigenvalue weighted by Crippen LogP contribution is 2.35. The molecule has 11 heteroatoms. The highest BCUT2D eigenvalue weighted by atomic mass is 32.2. The van der Waals surface area contributed by atoms with Crippen LogP contribution in [-0.2, 0) is 26.2 Å². The van der Waals surface area contributed by atoms with E-state index in [1.165, 1.54) is 24.5 Å². The Bertz CT molecular complexity index is 1120. The number of imide groups is 1. The molecule has 1 aliphatic carbocycles. The van der Waals surface area contributed by atoms with Crippen molar-refractivity contribution in [2.24, 2.45) is 0 Å². The van der Waals surface area contributed by atoms with E-state index in [4.69, 9.17) is 4.42 Å². The number of rotatable bonds is 8. The van der Waals surface area contributed by atoms with Gasteiger partial charge in [-0.3, -0.25) is 14.5 Å². The summed E-state index contributed by atoms with van der Waals surface area (Å²) >= 11 is 0. The van der Waals surface area contributed by atoms with Crippen molar-refractivity contribution in [3.8, 4) is 0 Å². The lowest BCUT2D eigenvalue weighted by molar-refractivity contribution is -0.131. The summed E-state index contributed by atoms with van der Waals surface area (Å²) in [6.45, 7) is -0.0414. The number of furan rings is 1. The van der Waals surface area contributed by atoms with E-state index in [-0.39, 0.29) is 30.3 Å². The third kappa shape index (κ3) is 4.53. The van der Waals surface area contributed by atoms with Gasteiger partial charge in [-0.05, 0) is 43.2 Å². The van der Waals surface area contributed by atoms with E-state index in [9.17, 15) is 22.8 Å². The highest BCUT2D eigenvalue weighted by molar-refractivity contribution is 7.89. The Morgan fingerprint density at radius 1 is 1.16 bits per heavy atom. The Hall–Kier alpha value is -3.18. The summed E-state index contributed by atoms with van der Waals surface area (Å²) in [4.78, 5) is 38.3. The maximum absolute atomic E-state index is 12.6. The SMILES string of the molecule is O=C(CCN1C(=O)NC2(CCCC2)C1=O)Nc1cccc(S(=O)(=O)NCc2ccco2)c1. The fourth-order valence-electron chi connectivity index (χ4n) is 4.04. The molecule has 1 spiro atoms. The van der Waals surface area contributed by atoms with Gasteiger partial charge in [0.2, 0.25) is 15.9 Å². The number of hydrogen-bond donors (Lipinski definition) is 3. The van der Waals surface area contributed by atoms with Gasteiger partial charge in [0.1, 0.15) is 11.3 Å². The quantitative estimate of drug-likeness (QED) is 0.515. The maximum atomic E-state index is 12.6. The molecule has 170 valence electrons. The second kappa shape index (κ2) is 8.75. The Balaban J connectivity index is 1.34. The van der Waals surface area contributed by atoms with E-state index in [1.54, 1.807) is 18.2 Å². The van der Waals surface area contributed by atoms with Crippen molar-refractivity contribution in [1.82, 2.24) is 14.9 Å². The average molecular weight is 461 g/mol. The standard InChI is InChI=1S/C21H24N4O6S/c26-18(8-11-25-19(27)21(24-20(25)28)9-1-2-10-21)23-15-5-3-7-17(13-15)32(29,30)22-14-16-6-4-12-31-16/h3-7,12-13,22H,1-2,8-11,14H2,(H,23,26)(H,24,28). The number of nitrogens with zero attached hydrogens (tertiary/aromatic N) is 1. The lowest BCUT2D eigenvalue weighted by Gasteiger charge is -2.19. The Morgan fingerprint density at radius 2 is 1.94 bits per heavy atom. The molecule has 1 saturated heterocycles. The van der Waals surface area contributed by atoms with Crippen LogP contribution in [0.5, 0.6) is 0 Å². The third-order valence-corrected chi connectivity index (χ3v) is 7.11. The molecule has 4 amide bonds. The summed E-state index contributed by atoms with van der Waals surface area (Å²) in [5, 5.41) is 5.39. The molecular formula is C21H24N4O6S. The van der Waals surface area contributed by atoms with Gasteiger partial charge < -0.3 is 15.1 Å². The minimum atomic E-state index is -3.81. The molecule has 3 N–H and O–H groups in total. The van der Waals surface area contributed by atoms with Crippen molar-refractivity contribution in [1.29, 1.82) is 0 Å². The van der Waals surface area contributed by atoms with Crippen molar-refractivity contribution >= 4 is 33.6 Å². The molecule has 1 aromatic heterocycles. The topological polar surface area (TPSA) is 138 Å². The Kier molecular flexibility index (Phi) is 6.02. The van der Waals surface area contributed by atoms with Crippen LogP contribution in [-0.4, -0.2) is 43.2 Å². The van der Waals surface area contributed by atoms with E-state index >= 15 is 0 Å². The molecule has 4 rings (SSSR count). The molecule has 1 saturated carbocycles. The Morgan fingerprint density at radius 3 is 2.66 bits per heavy atom. The van der Waals surface area contributed by atoms with Crippen LogP contribution >= 0.6 is 0 Å². The monoisotopic (exact) mass is 460 g/mol. The van der Waals surface area contributed by atoms with Gasteiger partial charge in [-0.25, -0.2) is 17.9 Å². The van der Waals surface area contributed by atoms with Gasteiger partial charge in [0.15, 0.2) is 0 Å². The largest absolute Gasteiger partial charge is 0.468 e. The zero-order valence-electron chi connectivity index (χ0n) is 17.3. The summed E-state index contributed by atoms with van der Waals surface area (Å²) < 4.78 is 32.6. The van der Waals surface area contributed by atoms with E-state index in [2.05, 4.69) is 15.4 Å². The number of anilines is 1. The number of hydrogen-bond acceptors (Lipinski definition) is 6. The molecule has 1 aliphatic heterocycles. The van der Waals surface area contributed by atoms with Crippen molar-refractivity contribution in [3.05, 3.63) is 48.4 Å². The zero-order valence-corrected chi connectivity index (χ0v) is 18.1. The predicted molar refractivity (Wildman–Crippen MR) is 114 cm³/mol. The van der Waals surface area contributed by atoms with Crippen LogP contribution in [0.2, 0.25) is 0 Å². The second-order valence-electron chi connectivity index (χ2n) is 7.91. The van der Waals surface area contributed by atoms with Crippen LogP contribution in [0.4, 0.5) is 10.5 Å². The molecule has 1 aromatic carbocycles. The minimum Gasteiger partial charge on any atom is -0.468 e. The first kappa shape index (κ1) is 22.0. The summed E-state index contributed by atoms with van der Waals surface area (Å²) in [6.07, 6.45) is 4.37. The first-order valence-electron chi connectivity index (χ1n) is 10.4. The summed E-state index contributed by atoms with van der Waals surface area (Å²) in [6, 6.07) is 8.66. The number of sulfonamides is 1. The van der Waals surface area contributed by atoms with E-state index in [0.717, 1.165) is 17.7 Å². The fourth-order valence-corrected chi connectivity index (χ4v) is 5.08. The molecular weight excluding hydrogens is 436 g/mol. The molecule has 0 radical (unpaired) electrons. The van der Waals surface area contributed by atoms with Gasteiger partial charge in [0.05, 0.1) is 17.7 Å². The fraction of sp³-hybridized carbons (Fsp3) is 0.381. The first-order valence-corrected chi connectivity index (χ1v) is 11.8. The number of benzene rings is 1. The number of carbonyl (C=O) groups excluding carboxylic acids is 3. The van der Waals surface area contributed by atoms with Crippen LogP contribution in [0.15, 0.2) is 52.0 Å². The molecule has 2 heterocycles. The van der Waals surface area contributed by atoms with Crippen LogP contribution in [0.25, 0.3) is 0 Å². The molecule has 10 nitrogen and oxygen atoms in total. The maximum Gasteiger partial charge on any atom is 0.325 e. The van der Waals surface area contributed by atoms with Crippen LogP contribution in [0, 0.1) is 0 Å². The van der Waals surface area contributed by atoms with Crippen LogP contribution in [0.3, 0.4) is 0 Å². The van der Waals surface area contributed by atoms with E-state index in [0.29, 0.717) is 24.3 Å². The van der Waals surface area contributed by atoms with Gasteiger partial charge >= 0.3 is 6.03 Å². The lowest BCUT2D eigenvalue weighted by Crippen LogP contribution is -2.44. The number of urea groups is 1. The van der Waals surface area contributed by atoms with Crippen molar-refractivity contribution in [2.75, 3.05) is 11.9 Å². The second-order valence-corrected chi connectivity index (χ2v) is 9.67. The predicted octanol–water partition coefficient (Wildman–Crippen LogP) is 1.95. The third-order valence-electron chi connectivity index (χ3n) is 5.71. The average Bonchev–Trinajstić information content (AvgIpc) is 3.49. The van der Waals surface area contributed by atoms with Gasteiger partial charge in [-0.2, -0.15) is 0 Å². The van der Waals surface area contributed by atoms with E-state index in [1.807, 2.05) is 0 Å². The van der Waals surface area contributed by atoms with Crippen LogP contribution in [0.1, 0.15) is 37.9 Å². The van der Waals surface area contributed by atoms with E-state index < -0.39 is 27.5 Å². The molecule has 0 bridgehead atoms. The number of carbonyl (C=O) groups is 3. The van der Waals surface area contributed by atoms with Gasteiger partial charge in [-0.1, -0.05) is 18.9 Å². The van der Waals surface area contributed by atoms with Gasteiger partial charge in [0.25, 0.3) is 5.91 Å². The summed E-state index contributed by atoms with van der Waals surface area (Å²) in [5.74, 6) is -0.238. The lowest BCUT2D eigenvalue weighted by atomic mass is 9.98. The minimum absolute atomic E-state index is 0.000656. The molecule has 0 unspecified atom stereocenters. The normalized spacial score (nSPS) is 17.7. The van der Waals surface area contributed by atoms with Crippen molar-refractivity contribution < 1.29 is 27.2 Å². The van der Waals surface area contributed by atoms with Crippen molar-refractivity contribution in [3.63, 3.8) is 0 Å². The van der Waals surface area contributed by atoms with Crippen molar-refractivity contribution in [2.45, 2.75) is 49.1 Å². The molecule has 2 aliphatic rings. The smallest absolute Gasteiger partial charge is 0.325 e. The molecule has 0 atom stereocenters. The van der Waals surface area contributed by atoms with Gasteiger partial charge in [0, 0.05) is 18.7 Å². The molecule has 2 fully saturated rings. The zero-order chi connectivity index (χ0) is 22.8. The number of nitrogens with one attached hydrogen (secondary N) is 3. The summed E-state index contributed by atoms with van der Waals surface area (Å²) in [5.41, 5.74) is -0.515.